The maximum Gasteiger partial charge on any atom is 0.514 e. The number of ether oxygens (including phenoxy) is 3. The third-order valence-electron chi connectivity index (χ3n) is 8.84. The number of carbonyl (C=O) groups excluding carboxylic acids is 8. The molecule has 0 spiro atoms. The molecule has 0 aliphatic carbocycles. The maximum atomic E-state index is 13.6. The highest BCUT2D eigenvalue weighted by Crippen LogP contribution is 2.19. The van der Waals surface area contributed by atoms with E-state index in [-0.39, 0.29) is 50.5 Å². The van der Waals surface area contributed by atoms with Crippen molar-refractivity contribution in [2.24, 2.45) is 11.7 Å². The van der Waals surface area contributed by atoms with Crippen molar-refractivity contribution in [3.63, 3.8) is 0 Å². The van der Waals surface area contributed by atoms with Crippen molar-refractivity contribution in [2.75, 3.05) is 31.6 Å². The number of amides is 8. The number of rotatable bonds is 21. The molecule has 22 heteroatoms. The van der Waals surface area contributed by atoms with E-state index in [1.54, 1.807) is 26.0 Å². The quantitative estimate of drug-likeness (QED) is 0.0247. The van der Waals surface area contributed by atoms with E-state index in [9.17, 15) is 53.6 Å². The fourth-order valence-electron chi connectivity index (χ4n) is 5.70. The van der Waals surface area contributed by atoms with Crippen LogP contribution in [0.15, 0.2) is 72.8 Å². The lowest BCUT2D eigenvalue weighted by atomic mass is 10.0. The molecule has 0 aromatic heterocycles. The SMILES string of the molecule is CC(C)[C@H](NC(=O)COC(CN1C(=O)C=CC1=O)CN1C(=O)C=CC1O)C(=O)N[C@@H](CCCNC(N)=O)C(=O)Nc1ccc(COC(=O)Oc2ccc([N+](=O)[O-])cc2)cc1. The number of imide groups is 1. The van der Waals surface area contributed by atoms with Gasteiger partial charge in [-0.25, -0.2) is 9.59 Å². The van der Waals surface area contributed by atoms with E-state index in [2.05, 4.69) is 21.3 Å². The van der Waals surface area contributed by atoms with E-state index >= 15 is 0 Å². The van der Waals surface area contributed by atoms with Gasteiger partial charge < -0.3 is 51.2 Å². The fraction of sp³-hybridized carbons (Fsp3) is 0.368. The number of urea groups is 1. The lowest BCUT2D eigenvalue weighted by Gasteiger charge is -2.29. The third-order valence-corrected chi connectivity index (χ3v) is 8.84. The van der Waals surface area contributed by atoms with Crippen LogP contribution in [0.1, 0.15) is 32.3 Å². The second kappa shape index (κ2) is 21.5. The van der Waals surface area contributed by atoms with E-state index in [0.29, 0.717) is 11.3 Å². The van der Waals surface area contributed by atoms with Gasteiger partial charge in [0.05, 0.1) is 24.1 Å². The fourth-order valence-corrected chi connectivity index (χ4v) is 5.70. The van der Waals surface area contributed by atoms with Crippen LogP contribution in [0, 0.1) is 16.0 Å². The van der Waals surface area contributed by atoms with Gasteiger partial charge >= 0.3 is 12.2 Å². The van der Waals surface area contributed by atoms with Gasteiger partial charge in [0.1, 0.15) is 37.3 Å². The lowest BCUT2D eigenvalue weighted by molar-refractivity contribution is -0.384. The first kappa shape index (κ1) is 45.5. The summed E-state index contributed by atoms with van der Waals surface area (Å²) in [4.78, 5) is 112. The van der Waals surface area contributed by atoms with E-state index in [4.69, 9.17) is 19.9 Å². The number of nitrogens with one attached hydrogen (secondary N) is 4. The zero-order valence-electron chi connectivity index (χ0n) is 32.4. The molecule has 22 nitrogen and oxygen atoms in total. The molecule has 2 aliphatic heterocycles. The lowest BCUT2D eigenvalue weighted by Crippen LogP contribution is -2.55. The summed E-state index contributed by atoms with van der Waals surface area (Å²) in [6, 6.07) is 7.79. The van der Waals surface area contributed by atoms with Crippen LogP contribution in [0.4, 0.5) is 21.0 Å². The number of nitrogens with zero attached hydrogens (tertiary/aromatic N) is 3. The largest absolute Gasteiger partial charge is 0.514 e. The van der Waals surface area contributed by atoms with E-state index in [1.807, 2.05) is 0 Å². The Morgan fingerprint density at radius 1 is 0.900 bits per heavy atom. The van der Waals surface area contributed by atoms with Crippen molar-refractivity contribution >= 4 is 59.0 Å². The highest BCUT2D eigenvalue weighted by molar-refractivity contribution is 6.12. The summed E-state index contributed by atoms with van der Waals surface area (Å²) in [7, 11) is 0. The minimum atomic E-state index is -1.29. The molecular formula is C38H44N8O14. The van der Waals surface area contributed by atoms with Gasteiger partial charge in [0.25, 0.3) is 17.5 Å². The van der Waals surface area contributed by atoms with Crippen LogP contribution < -0.4 is 31.7 Å². The smallest absolute Gasteiger partial charge is 0.429 e. The Morgan fingerprint density at radius 3 is 2.15 bits per heavy atom. The van der Waals surface area contributed by atoms with Crippen LogP contribution in [0.2, 0.25) is 0 Å². The first-order chi connectivity index (χ1) is 28.5. The van der Waals surface area contributed by atoms with Gasteiger partial charge in [-0.1, -0.05) is 26.0 Å². The van der Waals surface area contributed by atoms with Gasteiger partial charge in [-0.2, -0.15) is 0 Å². The molecule has 60 heavy (non-hydrogen) atoms. The molecule has 0 saturated heterocycles. The molecule has 2 aromatic rings. The molecule has 2 aliphatic rings. The van der Waals surface area contributed by atoms with Gasteiger partial charge in [0, 0.05) is 42.6 Å². The van der Waals surface area contributed by atoms with Crippen LogP contribution in [0.5, 0.6) is 5.75 Å². The van der Waals surface area contributed by atoms with Gasteiger partial charge in [0.15, 0.2) is 0 Å². The Labute approximate surface area is 342 Å². The van der Waals surface area contributed by atoms with Crippen molar-refractivity contribution in [3.05, 3.63) is 88.5 Å². The predicted octanol–water partition coefficient (Wildman–Crippen LogP) is 0.350. The summed E-state index contributed by atoms with van der Waals surface area (Å²) in [6.45, 7) is 1.84. The highest BCUT2D eigenvalue weighted by Gasteiger charge is 2.33. The first-order valence-corrected chi connectivity index (χ1v) is 18.4. The minimum absolute atomic E-state index is 0.0307. The summed E-state index contributed by atoms with van der Waals surface area (Å²) in [5.41, 5.74) is 5.78. The van der Waals surface area contributed by atoms with Crippen molar-refractivity contribution < 1.29 is 62.6 Å². The Kier molecular flexibility index (Phi) is 16.3. The summed E-state index contributed by atoms with van der Waals surface area (Å²) >= 11 is 0. The Balaban J connectivity index is 1.34. The zero-order valence-corrected chi connectivity index (χ0v) is 32.4. The molecule has 2 unspecified atom stereocenters. The molecule has 4 atom stereocenters. The molecular weight excluding hydrogens is 792 g/mol. The molecule has 0 saturated carbocycles. The normalized spacial score (nSPS) is 16.0. The van der Waals surface area contributed by atoms with E-state index in [1.165, 1.54) is 42.5 Å². The highest BCUT2D eigenvalue weighted by atomic mass is 16.7. The number of nitro benzene ring substituents is 1. The number of aliphatic hydroxyl groups excluding tert-OH is 1. The molecule has 4 rings (SSSR count). The number of primary amides is 1. The average Bonchev–Trinajstić information content (AvgIpc) is 3.69. The summed E-state index contributed by atoms with van der Waals surface area (Å²) in [6.07, 6.45) is 1.27. The second-order valence-corrected chi connectivity index (χ2v) is 13.7. The minimum Gasteiger partial charge on any atom is -0.429 e. The number of non-ortho nitro benzene ring substituents is 1. The molecule has 2 aromatic carbocycles. The van der Waals surface area contributed by atoms with E-state index in [0.717, 1.165) is 28.0 Å². The molecule has 0 bridgehead atoms. The summed E-state index contributed by atoms with van der Waals surface area (Å²) in [5, 5.41) is 31.3. The topological polar surface area (TPSA) is 308 Å². The van der Waals surface area contributed by atoms with Gasteiger partial charge in [0.2, 0.25) is 23.6 Å². The van der Waals surface area contributed by atoms with Crippen molar-refractivity contribution in [1.82, 2.24) is 25.8 Å². The number of hydrogen-bond acceptors (Lipinski definition) is 14. The average molecular weight is 837 g/mol. The number of aliphatic hydroxyl groups is 1. The number of nitro groups is 1. The molecule has 2 heterocycles. The van der Waals surface area contributed by atoms with Gasteiger partial charge in [-0.05, 0) is 54.7 Å². The van der Waals surface area contributed by atoms with Crippen LogP contribution in [-0.2, 0) is 44.8 Å². The van der Waals surface area contributed by atoms with Crippen LogP contribution in [-0.4, -0.2) is 118 Å². The molecule has 7 N–H and O–H groups in total. The van der Waals surface area contributed by atoms with Crippen molar-refractivity contribution in [1.29, 1.82) is 0 Å². The molecule has 0 radical (unpaired) electrons. The van der Waals surface area contributed by atoms with Gasteiger partial charge in [-0.3, -0.25) is 43.8 Å². The molecule has 0 fully saturated rings. The number of benzene rings is 2. The zero-order chi connectivity index (χ0) is 43.9. The Morgan fingerprint density at radius 2 is 1.57 bits per heavy atom. The monoisotopic (exact) mass is 836 g/mol. The van der Waals surface area contributed by atoms with Crippen molar-refractivity contribution in [3.8, 4) is 5.75 Å². The van der Waals surface area contributed by atoms with Gasteiger partial charge in [-0.15, -0.1) is 0 Å². The number of anilines is 1. The Bertz CT molecular complexity index is 1990. The molecule has 320 valence electrons. The summed E-state index contributed by atoms with van der Waals surface area (Å²) < 4.78 is 15.8. The standard InChI is InChI=1S/C38H44N8O14/c1-22(2)34(43-29(47)21-58-27(18-44-30(48)13-14-31(44)49)19-45-32(50)15-16-33(45)51)36(53)42-28(4-3-17-40-37(39)54)35(52)41-24-7-5-23(6-8-24)20-59-38(55)60-26-11-9-25(10-12-26)46(56)57/h5-16,22,27-28,30,34,48H,3-4,17-21H2,1-2H3,(H,41,52)(H,42,53)(H,43,47)(H3,39,40,54)/t27?,28-,30?,34-/m0/s1. The summed E-state index contributed by atoms with van der Waals surface area (Å²) in [5.74, 6) is -4.45. The first-order valence-electron chi connectivity index (χ1n) is 18.4. The van der Waals surface area contributed by atoms with Crippen LogP contribution in [0.3, 0.4) is 0 Å². The number of hydrogen-bond donors (Lipinski definition) is 6. The third kappa shape index (κ3) is 13.7. The van der Waals surface area contributed by atoms with E-state index < -0.39 is 89.5 Å². The van der Waals surface area contributed by atoms with Crippen molar-refractivity contribution in [2.45, 2.75) is 57.7 Å². The second-order valence-electron chi connectivity index (χ2n) is 13.7. The number of carbonyl (C=O) groups is 8. The predicted molar refractivity (Wildman–Crippen MR) is 207 cm³/mol. The number of nitrogens with two attached hydrogens (primary N) is 1. The van der Waals surface area contributed by atoms with Crippen LogP contribution in [0.25, 0.3) is 0 Å². The van der Waals surface area contributed by atoms with Crippen LogP contribution >= 0.6 is 0 Å². The maximum absolute atomic E-state index is 13.6. The Hall–Kier alpha value is -7.20. The molecule has 8 amide bonds.